The lowest BCUT2D eigenvalue weighted by Crippen LogP contribution is -2.53. The fraction of sp³-hybridized carbons (Fsp3) is 0.355. The number of hydrogen-bond donors (Lipinski definition) is 1. The average molecular weight is 584 g/mol. The minimum absolute atomic E-state index is 0.00846. The lowest BCUT2D eigenvalue weighted by atomic mass is 10.1. The van der Waals surface area contributed by atoms with E-state index in [9.17, 15) is 22.4 Å². The Balaban J connectivity index is 2.13. The molecular weight excluding hydrogens is 545 g/mol. The molecule has 0 radical (unpaired) electrons. The maximum atomic E-state index is 14.1. The molecule has 0 heterocycles. The van der Waals surface area contributed by atoms with Crippen LogP contribution in [0.4, 0.5) is 10.1 Å². The molecule has 0 aromatic heterocycles. The summed E-state index contributed by atoms with van der Waals surface area (Å²) in [6.07, 6.45) is 0.282. The first kappa shape index (κ1) is 31.6. The number of carbonyl (C=O) groups excluding carboxylic acids is 2. The first-order valence-corrected chi connectivity index (χ1v) is 14.9. The highest BCUT2D eigenvalue weighted by atomic mass is 32.2. The van der Waals surface area contributed by atoms with Crippen molar-refractivity contribution < 1.29 is 27.1 Å². The minimum Gasteiger partial charge on any atom is -0.495 e. The third kappa shape index (κ3) is 7.85. The van der Waals surface area contributed by atoms with Crippen molar-refractivity contribution in [3.63, 3.8) is 0 Å². The van der Waals surface area contributed by atoms with Crippen molar-refractivity contribution in [2.45, 2.75) is 64.6 Å². The number of methoxy groups -OCH3 is 1. The molecule has 0 bridgehead atoms. The number of hydrogen-bond acceptors (Lipinski definition) is 5. The van der Waals surface area contributed by atoms with Gasteiger partial charge in [0.25, 0.3) is 10.0 Å². The predicted molar refractivity (Wildman–Crippen MR) is 158 cm³/mol. The second-order valence-electron chi connectivity index (χ2n) is 10.2. The number of ether oxygens (including phenoxy) is 1. The zero-order valence-corrected chi connectivity index (χ0v) is 25.2. The molecule has 0 spiro atoms. The zero-order valence-electron chi connectivity index (χ0n) is 24.3. The number of sulfonamides is 1. The summed E-state index contributed by atoms with van der Waals surface area (Å²) in [5, 5.41) is 2.85. The van der Waals surface area contributed by atoms with Gasteiger partial charge >= 0.3 is 0 Å². The largest absolute Gasteiger partial charge is 0.495 e. The van der Waals surface area contributed by atoms with Crippen molar-refractivity contribution >= 4 is 27.5 Å². The summed E-state index contributed by atoms with van der Waals surface area (Å²) >= 11 is 0. The van der Waals surface area contributed by atoms with E-state index in [1.807, 2.05) is 27.7 Å². The molecule has 41 heavy (non-hydrogen) atoms. The smallest absolute Gasteiger partial charge is 0.264 e. The van der Waals surface area contributed by atoms with Gasteiger partial charge in [-0.15, -0.1) is 0 Å². The van der Waals surface area contributed by atoms with Crippen molar-refractivity contribution in [3.05, 3.63) is 89.2 Å². The number of amides is 2. The lowest BCUT2D eigenvalue weighted by Gasteiger charge is -2.34. The van der Waals surface area contributed by atoms with Gasteiger partial charge in [-0.05, 0) is 81.6 Å². The quantitative estimate of drug-likeness (QED) is 0.325. The van der Waals surface area contributed by atoms with Crippen LogP contribution in [0.5, 0.6) is 5.75 Å². The molecule has 0 aliphatic rings. The molecule has 0 unspecified atom stereocenters. The van der Waals surface area contributed by atoms with Gasteiger partial charge in [-0.25, -0.2) is 12.8 Å². The Bertz CT molecular complexity index is 1460. The summed E-state index contributed by atoms with van der Waals surface area (Å²) in [6, 6.07) is 16.0. The highest BCUT2D eigenvalue weighted by molar-refractivity contribution is 7.92. The molecular formula is C31H38FN3O5S. The SMILES string of the molecule is CC[C@@H](C(=O)NC(C)C)N(Cc1ccc(F)cc1)C(=O)CN(c1cc(C)ccc1OC)S(=O)(=O)c1ccc(C)cc1. The molecule has 8 nitrogen and oxygen atoms in total. The number of nitrogens with zero attached hydrogens (tertiary/aromatic N) is 2. The Hall–Kier alpha value is -3.92. The Morgan fingerprint density at radius 3 is 2.12 bits per heavy atom. The van der Waals surface area contributed by atoms with Crippen LogP contribution in [0.25, 0.3) is 0 Å². The number of halogens is 1. The molecule has 1 N–H and O–H groups in total. The van der Waals surface area contributed by atoms with E-state index >= 15 is 0 Å². The Morgan fingerprint density at radius 1 is 0.951 bits per heavy atom. The van der Waals surface area contributed by atoms with Crippen molar-refractivity contribution in [2.75, 3.05) is 18.0 Å². The van der Waals surface area contributed by atoms with Gasteiger partial charge in [0.2, 0.25) is 11.8 Å². The van der Waals surface area contributed by atoms with Gasteiger partial charge in [-0.1, -0.05) is 42.8 Å². The third-order valence-corrected chi connectivity index (χ3v) is 8.35. The van der Waals surface area contributed by atoms with E-state index in [4.69, 9.17) is 4.74 Å². The molecule has 1 atom stereocenters. The standard InChI is InChI=1S/C31H38FN3O5S/c1-7-27(31(37)33-21(2)3)34(19-24-11-13-25(32)14-12-24)30(36)20-35(28-18-23(5)10-17-29(28)40-6)41(38,39)26-15-8-22(4)9-16-26/h8-18,21,27H,7,19-20H2,1-6H3,(H,33,37)/t27-/m0/s1. The van der Waals surface area contributed by atoms with Crippen LogP contribution in [-0.2, 0) is 26.2 Å². The summed E-state index contributed by atoms with van der Waals surface area (Å²) in [7, 11) is -2.82. The van der Waals surface area contributed by atoms with Crippen molar-refractivity contribution in [3.8, 4) is 5.75 Å². The zero-order chi connectivity index (χ0) is 30.3. The van der Waals surface area contributed by atoms with Crippen LogP contribution in [0.1, 0.15) is 43.9 Å². The molecule has 0 aliphatic carbocycles. The summed E-state index contributed by atoms with van der Waals surface area (Å²) in [6.45, 7) is 8.45. The van der Waals surface area contributed by atoms with Crippen LogP contribution in [-0.4, -0.2) is 50.9 Å². The van der Waals surface area contributed by atoms with Gasteiger partial charge in [0, 0.05) is 12.6 Å². The van der Waals surface area contributed by atoms with E-state index < -0.39 is 34.3 Å². The third-order valence-electron chi connectivity index (χ3n) is 6.57. The molecule has 10 heteroatoms. The Morgan fingerprint density at radius 2 is 1.56 bits per heavy atom. The van der Waals surface area contributed by atoms with Gasteiger partial charge in [-0.3, -0.25) is 13.9 Å². The Kier molecular flexibility index (Phi) is 10.5. The second kappa shape index (κ2) is 13.6. The van der Waals surface area contributed by atoms with Crippen LogP contribution < -0.4 is 14.4 Å². The molecule has 0 aliphatic heterocycles. The van der Waals surface area contributed by atoms with E-state index in [2.05, 4.69) is 5.32 Å². The molecule has 3 aromatic rings. The number of nitrogens with one attached hydrogen (secondary N) is 1. The van der Waals surface area contributed by atoms with E-state index in [-0.39, 0.29) is 41.2 Å². The first-order chi connectivity index (χ1) is 19.4. The lowest BCUT2D eigenvalue weighted by molar-refractivity contribution is -0.140. The van der Waals surface area contributed by atoms with Gasteiger partial charge in [0.05, 0.1) is 17.7 Å². The van der Waals surface area contributed by atoms with Gasteiger partial charge < -0.3 is 15.0 Å². The average Bonchev–Trinajstić information content (AvgIpc) is 2.92. The van der Waals surface area contributed by atoms with Crippen LogP contribution >= 0.6 is 0 Å². The van der Waals surface area contributed by atoms with Gasteiger partial charge in [0.15, 0.2) is 0 Å². The highest BCUT2D eigenvalue weighted by Gasteiger charge is 2.35. The van der Waals surface area contributed by atoms with Crippen molar-refractivity contribution in [1.82, 2.24) is 10.2 Å². The van der Waals surface area contributed by atoms with E-state index in [1.54, 1.807) is 37.3 Å². The molecule has 220 valence electrons. The number of benzene rings is 3. The molecule has 3 aromatic carbocycles. The molecule has 0 fully saturated rings. The van der Waals surface area contributed by atoms with Gasteiger partial charge in [0.1, 0.15) is 24.2 Å². The topological polar surface area (TPSA) is 96.0 Å². The van der Waals surface area contributed by atoms with Gasteiger partial charge in [-0.2, -0.15) is 0 Å². The number of rotatable bonds is 12. The van der Waals surface area contributed by atoms with E-state index in [1.165, 1.54) is 48.4 Å². The fourth-order valence-corrected chi connectivity index (χ4v) is 5.85. The Labute approximate surface area is 242 Å². The first-order valence-electron chi connectivity index (χ1n) is 13.5. The van der Waals surface area contributed by atoms with Crippen molar-refractivity contribution in [2.24, 2.45) is 0 Å². The normalized spacial score (nSPS) is 12.1. The fourth-order valence-electron chi connectivity index (χ4n) is 4.43. The maximum absolute atomic E-state index is 14.1. The second-order valence-corrected chi connectivity index (χ2v) is 12.1. The summed E-state index contributed by atoms with van der Waals surface area (Å²) in [5.74, 6) is -1.12. The molecule has 0 saturated carbocycles. The highest BCUT2D eigenvalue weighted by Crippen LogP contribution is 2.34. The summed E-state index contributed by atoms with van der Waals surface area (Å²) in [4.78, 5) is 28.7. The van der Waals surface area contributed by atoms with E-state index in [0.717, 1.165) is 15.4 Å². The number of carbonyl (C=O) groups is 2. The van der Waals surface area contributed by atoms with E-state index in [0.29, 0.717) is 5.56 Å². The van der Waals surface area contributed by atoms with Crippen LogP contribution in [0.3, 0.4) is 0 Å². The van der Waals surface area contributed by atoms with Crippen molar-refractivity contribution in [1.29, 1.82) is 0 Å². The minimum atomic E-state index is -4.24. The maximum Gasteiger partial charge on any atom is 0.264 e. The number of anilines is 1. The molecule has 0 saturated heterocycles. The number of aryl methyl sites for hydroxylation is 2. The molecule has 2 amide bonds. The monoisotopic (exact) mass is 583 g/mol. The summed E-state index contributed by atoms with van der Waals surface area (Å²) < 4.78 is 48.3. The predicted octanol–water partition coefficient (Wildman–Crippen LogP) is 4.98. The van der Waals surface area contributed by atoms with Crippen LogP contribution in [0.2, 0.25) is 0 Å². The van der Waals surface area contributed by atoms with Crippen LogP contribution in [0, 0.1) is 19.7 Å². The van der Waals surface area contributed by atoms with Crippen LogP contribution in [0.15, 0.2) is 71.6 Å². The summed E-state index contributed by atoms with van der Waals surface area (Å²) in [5.41, 5.74) is 2.44. The molecule has 3 rings (SSSR count).